The van der Waals surface area contributed by atoms with Crippen molar-refractivity contribution < 1.29 is 4.79 Å². The van der Waals surface area contributed by atoms with Gasteiger partial charge in [-0.15, -0.1) is 0 Å². The Hall–Kier alpha value is -2.00. The van der Waals surface area contributed by atoms with E-state index < -0.39 is 0 Å². The Morgan fingerprint density at radius 3 is 2.38 bits per heavy atom. The molecule has 1 heterocycles. The normalized spacial score (nSPS) is 11.8. The standard InChI is InChI=1S/C18H19NOS/c1-18(2,3)19-13-7-10-15(17(19)21)11-12-16(20)14-8-5-4-6-9-14/h4-13H,1-3H3/b12-11+. The first kappa shape index (κ1) is 15.4. The van der Waals surface area contributed by atoms with Gasteiger partial charge in [-0.2, -0.15) is 0 Å². The Morgan fingerprint density at radius 1 is 1.10 bits per heavy atom. The lowest BCUT2D eigenvalue weighted by Crippen LogP contribution is -2.22. The third-order valence-corrected chi connectivity index (χ3v) is 3.60. The smallest absolute Gasteiger partial charge is 0.185 e. The molecular formula is C18H19NOS. The predicted octanol–water partition coefficient (Wildman–Crippen LogP) is 4.87. The molecule has 0 unspecified atom stereocenters. The number of carbonyl (C=O) groups is 1. The van der Waals surface area contributed by atoms with Crippen molar-refractivity contribution in [3.8, 4) is 0 Å². The molecule has 0 aliphatic rings. The second-order valence-electron chi connectivity index (χ2n) is 5.87. The highest BCUT2D eigenvalue weighted by molar-refractivity contribution is 7.71. The molecule has 3 heteroatoms. The second-order valence-corrected chi connectivity index (χ2v) is 6.26. The van der Waals surface area contributed by atoms with E-state index in [9.17, 15) is 4.79 Å². The van der Waals surface area contributed by atoms with E-state index in [4.69, 9.17) is 12.2 Å². The van der Waals surface area contributed by atoms with Crippen LogP contribution in [0.3, 0.4) is 0 Å². The molecule has 108 valence electrons. The number of pyridine rings is 1. The lowest BCUT2D eigenvalue weighted by Gasteiger charge is -2.24. The summed E-state index contributed by atoms with van der Waals surface area (Å²) < 4.78 is 2.77. The van der Waals surface area contributed by atoms with E-state index in [0.717, 1.165) is 10.2 Å². The van der Waals surface area contributed by atoms with Crippen LogP contribution in [-0.2, 0) is 5.54 Å². The van der Waals surface area contributed by atoms with Gasteiger partial charge in [-0.3, -0.25) is 4.79 Å². The fraction of sp³-hybridized carbons (Fsp3) is 0.222. The number of rotatable bonds is 3. The number of aromatic nitrogens is 1. The molecule has 0 fully saturated rings. The third kappa shape index (κ3) is 3.76. The van der Waals surface area contributed by atoms with Crippen molar-refractivity contribution in [2.45, 2.75) is 26.3 Å². The van der Waals surface area contributed by atoms with Crippen LogP contribution in [0.2, 0.25) is 0 Å². The van der Waals surface area contributed by atoms with Crippen molar-refractivity contribution >= 4 is 24.1 Å². The minimum atomic E-state index is -0.0790. The zero-order valence-electron chi connectivity index (χ0n) is 12.5. The van der Waals surface area contributed by atoms with Gasteiger partial charge in [-0.05, 0) is 39.0 Å². The zero-order valence-corrected chi connectivity index (χ0v) is 13.4. The van der Waals surface area contributed by atoms with E-state index in [-0.39, 0.29) is 11.3 Å². The lowest BCUT2D eigenvalue weighted by molar-refractivity contribution is 0.104. The Kier molecular flexibility index (Phi) is 4.53. The maximum Gasteiger partial charge on any atom is 0.185 e. The van der Waals surface area contributed by atoms with Crippen LogP contribution in [0.5, 0.6) is 0 Å². The molecule has 21 heavy (non-hydrogen) atoms. The van der Waals surface area contributed by atoms with Gasteiger partial charge in [0.25, 0.3) is 0 Å². The van der Waals surface area contributed by atoms with Crippen LogP contribution in [0.4, 0.5) is 0 Å². The van der Waals surface area contributed by atoms with Crippen molar-refractivity contribution in [2.75, 3.05) is 0 Å². The molecule has 0 saturated carbocycles. The van der Waals surface area contributed by atoms with Crippen molar-refractivity contribution in [3.63, 3.8) is 0 Å². The highest BCUT2D eigenvalue weighted by atomic mass is 32.1. The summed E-state index contributed by atoms with van der Waals surface area (Å²) in [6.07, 6.45) is 5.34. The first-order valence-corrected chi connectivity index (χ1v) is 7.30. The van der Waals surface area contributed by atoms with Crippen LogP contribution in [0.1, 0.15) is 36.7 Å². The molecule has 0 aliphatic carbocycles. The topological polar surface area (TPSA) is 22.0 Å². The van der Waals surface area contributed by atoms with Gasteiger partial charge in [0.2, 0.25) is 0 Å². The largest absolute Gasteiger partial charge is 0.333 e. The van der Waals surface area contributed by atoms with Crippen LogP contribution in [0, 0.1) is 4.64 Å². The molecule has 0 spiro atoms. The Bertz CT molecular complexity index is 721. The molecule has 1 aromatic heterocycles. The van der Waals surface area contributed by atoms with Gasteiger partial charge >= 0.3 is 0 Å². The Labute approximate surface area is 130 Å². The molecule has 0 N–H and O–H groups in total. The average Bonchev–Trinajstić information content (AvgIpc) is 2.45. The van der Waals surface area contributed by atoms with Gasteiger partial charge in [0, 0.05) is 22.9 Å². The molecule has 2 aromatic rings. The fourth-order valence-corrected chi connectivity index (χ4v) is 2.50. The monoisotopic (exact) mass is 297 g/mol. The van der Waals surface area contributed by atoms with Gasteiger partial charge in [-0.25, -0.2) is 0 Å². The van der Waals surface area contributed by atoms with E-state index in [1.807, 2.05) is 53.2 Å². The summed E-state index contributed by atoms with van der Waals surface area (Å²) in [6.45, 7) is 6.31. The molecular weight excluding hydrogens is 278 g/mol. The average molecular weight is 297 g/mol. The van der Waals surface area contributed by atoms with Crippen LogP contribution >= 0.6 is 12.2 Å². The molecule has 0 amide bonds. The summed E-state index contributed by atoms with van der Waals surface area (Å²) in [5.74, 6) is -0.0174. The lowest BCUT2D eigenvalue weighted by atomic mass is 10.1. The molecule has 0 radical (unpaired) electrons. The summed E-state index contributed by atoms with van der Waals surface area (Å²) in [5.41, 5.74) is 1.48. The van der Waals surface area contributed by atoms with Crippen LogP contribution < -0.4 is 0 Å². The third-order valence-electron chi connectivity index (χ3n) is 3.17. The van der Waals surface area contributed by atoms with E-state index in [1.54, 1.807) is 12.2 Å². The SMILES string of the molecule is CC(C)(C)n1cccc(/C=C/C(=O)c2ccccc2)c1=S. The molecule has 0 atom stereocenters. The highest BCUT2D eigenvalue weighted by Crippen LogP contribution is 2.17. The van der Waals surface area contributed by atoms with Gasteiger partial charge < -0.3 is 4.57 Å². The highest BCUT2D eigenvalue weighted by Gasteiger charge is 2.13. The first-order valence-electron chi connectivity index (χ1n) is 6.89. The zero-order chi connectivity index (χ0) is 15.5. The Balaban J connectivity index is 2.31. The van der Waals surface area contributed by atoms with Gasteiger partial charge in [-0.1, -0.05) is 48.6 Å². The number of allylic oxidation sites excluding steroid dienone is 1. The second kappa shape index (κ2) is 6.19. The summed E-state index contributed by atoms with van der Waals surface area (Å²) in [7, 11) is 0. The minimum absolute atomic E-state index is 0.0174. The fourth-order valence-electron chi connectivity index (χ4n) is 2.03. The van der Waals surface area contributed by atoms with Crippen molar-refractivity contribution in [2.24, 2.45) is 0 Å². The Morgan fingerprint density at radius 2 is 1.76 bits per heavy atom. The van der Waals surface area contributed by atoms with Crippen molar-refractivity contribution in [1.82, 2.24) is 4.57 Å². The summed E-state index contributed by atoms with van der Waals surface area (Å²) >= 11 is 5.51. The summed E-state index contributed by atoms with van der Waals surface area (Å²) in [6, 6.07) is 13.1. The van der Waals surface area contributed by atoms with Crippen LogP contribution in [-0.4, -0.2) is 10.4 Å². The van der Waals surface area contributed by atoms with E-state index in [0.29, 0.717) is 5.56 Å². The van der Waals surface area contributed by atoms with E-state index in [1.165, 1.54) is 0 Å². The van der Waals surface area contributed by atoms with Crippen molar-refractivity contribution in [3.05, 3.63) is 70.5 Å². The van der Waals surface area contributed by atoms with E-state index >= 15 is 0 Å². The summed E-state index contributed by atoms with van der Waals surface area (Å²) in [4.78, 5) is 12.1. The molecule has 0 saturated heterocycles. The number of nitrogens with zero attached hydrogens (tertiary/aromatic N) is 1. The minimum Gasteiger partial charge on any atom is -0.333 e. The first-order chi connectivity index (χ1) is 9.89. The molecule has 0 aliphatic heterocycles. The van der Waals surface area contributed by atoms with Crippen LogP contribution in [0.15, 0.2) is 54.7 Å². The van der Waals surface area contributed by atoms with E-state index in [2.05, 4.69) is 20.8 Å². The number of benzene rings is 1. The maximum atomic E-state index is 12.1. The van der Waals surface area contributed by atoms with Crippen LogP contribution in [0.25, 0.3) is 6.08 Å². The number of ketones is 1. The number of hydrogen-bond donors (Lipinski definition) is 0. The number of hydrogen-bond acceptors (Lipinski definition) is 2. The predicted molar refractivity (Wildman–Crippen MR) is 90.1 cm³/mol. The number of carbonyl (C=O) groups excluding carboxylic acids is 1. The van der Waals surface area contributed by atoms with Gasteiger partial charge in [0.1, 0.15) is 4.64 Å². The maximum absolute atomic E-state index is 12.1. The molecule has 2 rings (SSSR count). The van der Waals surface area contributed by atoms with Crippen molar-refractivity contribution in [1.29, 1.82) is 0 Å². The quantitative estimate of drug-likeness (QED) is 0.458. The molecule has 1 aromatic carbocycles. The molecule has 0 bridgehead atoms. The van der Waals surface area contributed by atoms with Gasteiger partial charge in [0.15, 0.2) is 5.78 Å². The molecule has 2 nitrogen and oxygen atoms in total. The van der Waals surface area contributed by atoms with Gasteiger partial charge in [0.05, 0.1) is 0 Å². The summed E-state index contributed by atoms with van der Waals surface area (Å²) in [5, 5.41) is 0.